The quantitative estimate of drug-likeness (QED) is 0.333. The van der Waals surface area contributed by atoms with Crippen molar-refractivity contribution in [2.75, 3.05) is 19.6 Å². The molecule has 1 aliphatic heterocycles. The topological polar surface area (TPSA) is 23.6 Å². The van der Waals surface area contributed by atoms with Crippen LogP contribution in [0.25, 0.3) is 0 Å². The second-order valence-corrected chi connectivity index (χ2v) is 10.2. The summed E-state index contributed by atoms with van der Waals surface area (Å²) in [5.41, 5.74) is 2.61. The molecule has 0 aromatic carbocycles. The third kappa shape index (κ3) is 7.48. The molecule has 1 fully saturated rings. The molecular formula is C28H50N2O. The Bertz CT molecular complexity index is 584. The van der Waals surface area contributed by atoms with E-state index in [4.69, 9.17) is 0 Å². The molecule has 0 aromatic heterocycles. The first kappa shape index (κ1) is 26.2. The van der Waals surface area contributed by atoms with E-state index in [0.717, 1.165) is 56.2 Å². The van der Waals surface area contributed by atoms with Crippen LogP contribution in [0.1, 0.15) is 106 Å². The van der Waals surface area contributed by atoms with Gasteiger partial charge in [0.15, 0.2) is 0 Å². The van der Waals surface area contributed by atoms with Crippen molar-refractivity contribution in [1.29, 1.82) is 0 Å². The summed E-state index contributed by atoms with van der Waals surface area (Å²) in [4.78, 5) is 18.0. The number of rotatable bonds is 12. The fraction of sp³-hybridized carbons (Fsp3) is 0.821. The van der Waals surface area contributed by atoms with Crippen LogP contribution in [0.4, 0.5) is 0 Å². The minimum Gasteiger partial charge on any atom is -0.339 e. The van der Waals surface area contributed by atoms with E-state index in [1.165, 1.54) is 45.1 Å². The number of carbonyl (C=O) groups is 1. The van der Waals surface area contributed by atoms with Crippen LogP contribution in [-0.2, 0) is 4.79 Å². The minimum atomic E-state index is 0.303. The van der Waals surface area contributed by atoms with Crippen molar-refractivity contribution in [2.24, 2.45) is 11.8 Å². The molecule has 0 radical (unpaired) electrons. The lowest BCUT2D eigenvalue weighted by atomic mass is 9.83. The van der Waals surface area contributed by atoms with E-state index in [1.54, 1.807) is 5.57 Å². The van der Waals surface area contributed by atoms with Crippen molar-refractivity contribution in [2.45, 2.75) is 118 Å². The molecule has 178 valence electrons. The van der Waals surface area contributed by atoms with Crippen LogP contribution in [0.5, 0.6) is 0 Å². The van der Waals surface area contributed by atoms with Gasteiger partial charge in [0, 0.05) is 37.3 Å². The molecule has 0 bridgehead atoms. The molecule has 1 saturated heterocycles. The number of carbonyl (C=O) groups excluding carboxylic acids is 1. The molecule has 0 N–H and O–H groups in total. The van der Waals surface area contributed by atoms with Crippen molar-refractivity contribution in [3.63, 3.8) is 0 Å². The Kier molecular flexibility index (Phi) is 11.4. The predicted molar refractivity (Wildman–Crippen MR) is 134 cm³/mol. The molecule has 3 heteroatoms. The molecule has 1 amide bonds. The van der Waals surface area contributed by atoms with Gasteiger partial charge in [-0.3, -0.25) is 9.69 Å². The van der Waals surface area contributed by atoms with Gasteiger partial charge in [0.1, 0.15) is 0 Å². The SMILES string of the molecule is CCCC(CCC)C1=CC=C(C(=O)N2CCC(CN(C(C)CC)[C@@H](C)CC)CC2)CC1. The van der Waals surface area contributed by atoms with Crippen LogP contribution in [0, 0.1) is 11.8 Å². The van der Waals surface area contributed by atoms with Crippen molar-refractivity contribution in [1.82, 2.24) is 9.80 Å². The minimum absolute atomic E-state index is 0.303. The second kappa shape index (κ2) is 13.5. The average molecular weight is 431 g/mol. The summed E-state index contributed by atoms with van der Waals surface area (Å²) >= 11 is 0. The van der Waals surface area contributed by atoms with Gasteiger partial charge in [0.05, 0.1) is 0 Å². The van der Waals surface area contributed by atoms with E-state index in [0.29, 0.717) is 18.0 Å². The Morgan fingerprint density at radius 3 is 2.00 bits per heavy atom. The summed E-state index contributed by atoms with van der Waals surface area (Å²) < 4.78 is 0. The van der Waals surface area contributed by atoms with E-state index < -0.39 is 0 Å². The van der Waals surface area contributed by atoms with Gasteiger partial charge in [-0.25, -0.2) is 0 Å². The van der Waals surface area contributed by atoms with Gasteiger partial charge < -0.3 is 4.90 Å². The van der Waals surface area contributed by atoms with E-state index >= 15 is 0 Å². The zero-order chi connectivity index (χ0) is 22.8. The maximum Gasteiger partial charge on any atom is 0.249 e. The Morgan fingerprint density at radius 1 is 0.968 bits per heavy atom. The summed E-state index contributed by atoms with van der Waals surface area (Å²) in [5.74, 6) is 1.75. The fourth-order valence-electron chi connectivity index (χ4n) is 5.47. The summed E-state index contributed by atoms with van der Waals surface area (Å²) in [6, 6.07) is 1.29. The normalized spacial score (nSPS) is 20.1. The highest BCUT2D eigenvalue weighted by Gasteiger charge is 2.29. The number of amides is 1. The monoisotopic (exact) mass is 430 g/mol. The highest BCUT2D eigenvalue weighted by molar-refractivity contribution is 5.94. The first-order valence-corrected chi connectivity index (χ1v) is 13.4. The van der Waals surface area contributed by atoms with Crippen LogP contribution in [-0.4, -0.2) is 47.4 Å². The number of nitrogens with zero attached hydrogens (tertiary/aromatic N) is 2. The van der Waals surface area contributed by atoms with Crippen LogP contribution in [0.3, 0.4) is 0 Å². The summed E-state index contributed by atoms with van der Waals surface area (Å²) in [6.07, 6.45) is 16.2. The van der Waals surface area contributed by atoms with Gasteiger partial charge >= 0.3 is 0 Å². The van der Waals surface area contributed by atoms with Crippen molar-refractivity contribution < 1.29 is 4.79 Å². The van der Waals surface area contributed by atoms with Crippen LogP contribution in [0.2, 0.25) is 0 Å². The molecule has 0 spiro atoms. The van der Waals surface area contributed by atoms with Gasteiger partial charge in [-0.15, -0.1) is 0 Å². The smallest absolute Gasteiger partial charge is 0.249 e. The van der Waals surface area contributed by atoms with E-state index in [1.807, 2.05) is 0 Å². The predicted octanol–water partition coefficient (Wildman–Crippen LogP) is 6.99. The third-order valence-electron chi connectivity index (χ3n) is 7.94. The lowest BCUT2D eigenvalue weighted by molar-refractivity contribution is -0.128. The number of hydrogen-bond donors (Lipinski definition) is 0. The average Bonchev–Trinajstić information content (AvgIpc) is 2.81. The van der Waals surface area contributed by atoms with Gasteiger partial charge in [-0.1, -0.05) is 58.3 Å². The van der Waals surface area contributed by atoms with Gasteiger partial charge in [-0.2, -0.15) is 0 Å². The van der Waals surface area contributed by atoms with E-state index in [2.05, 4.69) is 63.5 Å². The zero-order valence-electron chi connectivity index (χ0n) is 21.5. The lowest BCUT2D eigenvalue weighted by Gasteiger charge is -2.40. The molecule has 2 rings (SSSR count). The van der Waals surface area contributed by atoms with E-state index in [-0.39, 0.29) is 0 Å². The molecule has 2 atom stereocenters. The third-order valence-corrected chi connectivity index (χ3v) is 7.94. The molecule has 0 saturated carbocycles. The Balaban J connectivity index is 1.90. The molecule has 31 heavy (non-hydrogen) atoms. The molecule has 0 aromatic rings. The first-order chi connectivity index (χ1) is 14.9. The molecule has 1 heterocycles. The number of allylic oxidation sites excluding steroid dienone is 3. The maximum atomic E-state index is 13.1. The highest BCUT2D eigenvalue weighted by atomic mass is 16.2. The Labute approximate surface area is 193 Å². The first-order valence-electron chi connectivity index (χ1n) is 13.4. The molecule has 1 unspecified atom stereocenters. The Morgan fingerprint density at radius 2 is 1.55 bits per heavy atom. The van der Waals surface area contributed by atoms with Crippen LogP contribution >= 0.6 is 0 Å². The Hall–Kier alpha value is -1.09. The molecule has 2 aliphatic rings. The highest BCUT2D eigenvalue weighted by Crippen LogP contribution is 2.32. The fourth-order valence-corrected chi connectivity index (χ4v) is 5.47. The molecule has 1 aliphatic carbocycles. The van der Waals surface area contributed by atoms with Gasteiger partial charge in [-0.05, 0) is 77.0 Å². The maximum absolute atomic E-state index is 13.1. The second-order valence-electron chi connectivity index (χ2n) is 10.2. The van der Waals surface area contributed by atoms with Crippen LogP contribution < -0.4 is 0 Å². The summed E-state index contributed by atoms with van der Waals surface area (Å²) in [5, 5.41) is 0. The van der Waals surface area contributed by atoms with Gasteiger partial charge in [0.2, 0.25) is 5.91 Å². The number of likely N-dealkylation sites (tertiary alicyclic amines) is 1. The van der Waals surface area contributed by atoms with Crippen molar-refractivity contribution in [3.8, 4) is 0 Å². The molecular weight excluding hydrogens is 380 g/mol. The summed E-state index contributed by atoms with van der Waals surface area (Å²) in [7, 11) is 0. The van der Waals surface area contributed by atoms with Crippen molar-refractivity contribution >= 4 is 5.91 Å². The number of hydrogen-bond acceptors (Lipinski definition) is 2. The van der Waals surface area contributed by atoms with E-state index in [9.17, 15) is 4.79 Å². The summed E-state index contributed by atoms with van der Waals surface area (Å²) in [6.45, 7) is 17.0. The largest absolute Gasteiger partial charge is 0.339 e. The van der Waals surface area contributed by atoms with Crippen LogP contribution in [0.15, 0.2) is 23.3 Å². The number of piperidine rings is 1. The molecule has 3 nitrogen and oxygen atoms in total. The van der Waals surface area contributed by atoms with Gasteiger partial charge in [0.25, 0.3) is 0 Å². The zero-order valence-corrected chi connectivity index (χ0v) is 21.5. The lowest BCUT2D eigenvalue weighted by Crippen LogP contribution is -2.46. The standard InChI is InChI=1S/C28H50N2O/c1-7-11-25(12-8-2)26-13-15-27(16-14-26)28(31)29-19-17-24(18-20-29)21-30(22(5)9-3)23(6)10-4/h13,15,22-25H,7-12,14,16-21H2,1-6H3/t22-,23?/m0/s1. The van der Waals surface area contributed by atoms with Crippen molar-refractivity contribution in [3.05, 3.63) is 23.3 Å².